The molecule has 2 aromatic carbocycles. The number of aromatic nitrogens is 2. The number of carbonyl (C=O) groups is 1. The predicted molar refractivity (Wildman–Crippen MR) is 113 cm³/mol. The first kappa shape index (κ1) is 20.8. The van der Waals surface area contributed by atoms with Gasteiger partial charge in [-0.15, -0.1) is 0 Å². The SMILES string of the molecule is Cc1cc(N[S+](=O)([O-])c2ccc(NC(=O)Cn3c(=O)oc4ccc(Cl)cc43)cc2)no1. The first-order valence-electron chi connectivity index (χ1n) is 8.86. The molecule has 0 aliphatic heterocycles. The van der Waals surface area contributed by atoms with Crippen LogP contribution in [0.15, 0.2) is 67.2 Å². The molecule has 12 heteroatoms. The molecular weight excluding hydrogens is 448 g/mol. The van der Waals surface area contributed by atoms with E-state index in [-0.39, 0.29) is 17.3 Å². The van der Waals surface area contributed by atoms with Crippen molar-refractivity contribution in [2.24, 2.45) is 0 Å². The van der Waals surface area contributed by atoms with E-state index in [0.29, 0.717) is 27.6 Å². The van der Waals surface area contributed by atoms with E-state index in [1.165, 1.54) is 36.4 Å². The van der Waals surface area contributed by atoms with Crippen LogP contribution in [0.2, 0.25) is 5.02 Å². The van der Waals surface area contributed by atoms with Crippen LogP contribution in [0.4, 0.5) is 11.5 Å². The lowest BCUT2D eigenvalue weighted by molar-refractivity contribution is -0.116. The van der Waals surface area contributed by atoms with Crippen molar-refractivity contribution in [1.29, 1.82) is 0 Å². The van der Waals surface area contributed by atoms with Crippen LogP contribution in [0, 0.1) is 6.92 Å². The first-order chi connectivity index (χ1) is 14.7. The molecule has 2 N–H and O–H groups in total. The van der Waals surface area contributed by atoms with Gasteiger partial charge >= 0.3 is 5.76 Å². The number of nitrogens with zero attached hydrogens (tertiary/aromatic N) is 2. The van der Waals surface area contributed by atoms with Gasteiger partial charge in [-0.25, -0.2) is 4.79 Å². The maximum atomic E-state index is 12.4. The summed E-state index contributed by atoms with van der Waals surface area (Å²) in [6, 6.07) is 11.6. The lowest BCUT2D eigenvalue weighted by Gasteiger charge is -2.14. The Labute approximate surface area is 181 Å². The van der Waals surface area contributed by atoms with Crippen LogP contribution >= 0.6 is 11.6 Å². The molecule has 0 spiro atoms. The number of anilines is 2. The van der Waals surface area contributed by atoms with Crippen molar-refractivity contribution < 1.29 is 22.5 Å². The summed E-state index contributed by atoms with van der Waals surface area (Å²) in [5.74, 6) is -0.671. The zero-order chi connectivity index (χ0) is 22.2. The Morgan fingerprint density at radius 3 is 2.65 bits per heavy atom. The molecular formula is C19H15ClN4O6S. The zero-order valence-electron chi connectivity index (χ0n) is 16.0. The number of benzene rings is 2. The van der Waals surface area contributed by atoms with E-state index in [9.17, 15) is 18.4 Å². The number of halogens is 1. The molecule has 10 nitrogen and oxygen atoms in total. The second-order valence-corrected chi connectivity index (χ2v) is 8.69. The van der Waals surface area contributed by atoms with Gasteiger partial charge in [-0.3, -0.25) is 9.36 Å². The Balaban J connectivity index is 1.46. The van der Waals surface area contributed by atoms with Crippen molar-refractivity contribution in [3.05, 3.63) is 69.9 Å². The highest BCUT2D eigenvalue weighted by Crippen LogP contribution is 2.22. The molecule has 160 valence electrons. The Bertz CT molecular complexity index is 1370. The van der Waals surface area contributed by atoms with Gasteiger partial charge in [-0.2, -0.15) is 4.72 Å². The third-order valence-corrected chi connectivity index (χ3v) is 5.85. The zero-order valence-corrected chi connectivity index (χ0v) is 17.5. The number of hydrogen-bond donors (Lipinski definition) is 2. The summed E-state index contributed by atoms with van der Waals surface area (Å²) in [5, 5.41) is 6.59. The number of nitrogens with one attached hydrogen (secondary N) is 2. The predicted octanol–water partition coefficient (Wildman–Crippen LogP) is 3.20. The van der Waals surface area contributed by atoms with Crippen molar-refractivity contribution in [3.8, 4) is 0 Å². The molecule has 2 aromatic heterocycles. The van der Waals surface area contributed by atoms with Crippen LogP contribution < -0.4 is 15.8 Å². The lowest BCUT2D eigenvalue weighted by Crippen LogP contribution is -2.25. The monoisotopic (exact) mass is 462 g/mol. The largest absolute Gasteiger partial charge is 0.588 e. The Kier molecular flexibility index (Phi) is 5.39. The summed E-state index contributed by atoms with van der Waals surface area (Å²) >= 11 is 5.95. The van der Waals surface area contributed by atoms with Crippen molar-refractivity contribution >= 4 is 50.5 Å². The van der Waals surface area contributed by atoms with Crippen molar-refractivity contribution in [3.63, 3.8) is 0 Å². The van der Waals surface area contributed by atoms with Gasteiger partial charge in [0, 0.05) is 16.8 Å². The highest BCUT2D eigenvalue weighted by molar-refractivity contribution is 7.98. The fourth-order valence-corrected chi connectivity index (χ4v) is 4.01. The molecule has 1 atom stereocenters. The highest BCUT2D eigenvalue weighted by Gasteiger charge is 2.22. The summed E-state index contributed by atoms with van der Waals surface area (Å²) < 4.78 is 38.2. The average molecular weight is 463 g/mol. The number of sulfonamides is 1. The molecule has 0 aliphatic rings. The van der Waals surface area contributed by atoms with Crippen molar-refractivity contribution in [2.75, 3.05) is 10.0 Å². The van der Waals surface area contributed by atoms with Crippen LogP contribution in [0.3, 0.4) is 0 Å². The molecule has 2 heterocycles. The molecule has 1 amide bonds. The Hall–Kier alpha value is -3.41. The number of oxazole rings is 1. The van der Waals surface area contributed by atoms with E-state index < -0.39 is 22.1 Å². The standard InChI is InChI=1S/C19H15ClN4O6S/c1-11-8-17(22-30-11)23-31(27,28)14-5-3-13(4-6-14)21-18(25)10-24-15-9-12(20)2-7-16(15)29-19(24)26/h2-9H,10H2,1H3,(H2-,21,22,23,25,27,28). The van der Waals surface area contributed by atoms with E-state index in [1.807, 2.05) is 0 Å². The van der Waals surface area contributed by atoms with Crippen LogP contribution in [0.1, 0.15) is 5.76 Å². The molecule has 0 aliphatic carbocycles. The Morgan fingerprint density at radius 1 is 1.23 bits per heavy atom. The lowest BCUT2D eigenvalue weighted by atomic mass is 10.3. The minimum absolute atomic E-state index is 0.0298. The first-order valence-corrected chi connectivity index (χ1v) is 10.7. The number of fused-ring (bicyclic) bond motifs is 1. The summed E-state index contributed by atoms with van der Waals surface area (Å²) in [6.07, 6.45) is 0. The second-order valence-electron chi connectivity index (χ2n) is 6.57. The van der Waals surface area contributed by atoms with E-state index >= 15 is 0 Å². The number of amides is 1. The molecule has 0 radical (unpaired) electrons. The van der Waals surface area contributed by atoms with Gasteiger partial charge in [0.2, 0.25) is 11.7 Å². The van der Waals surface area contributed by atoms with E-state index in [1.54, 1.807) is 19.1 Å². The minimum atomic E-state index is -3.88. The van der Waals surface area contributed by atoms with Gasteiger partial charge < -0.3 is 18.8 Å². The summed E-state index contributed by atoms with van der Waals surface area (Å²) in [6.45, 7) is 1.33. The molecule has 0 saturated heterocycles. The van der Waals surface area contributed by atoms with Crippen LogP contribution in [-0.2, 0) is 25.9 Å². The normalized spacial score (nSPS) is 13.1. The number of hydrogen-bond acceptors (Lipinski definition) is 7. The summed E-state index contributed by atoms with van der Waals surface area (Å²) in [4.78, 5) is 24.4. The van der Waals surface area contributed by atoms with Gasteiger partial charge in [0.1, 0.15) is 12.3 Å². The highest BCUT2D eigenvalue weighted by atomic mass is 35.5. The van der Waals surface area contributed by atoms with Crippen molar-refractivity contribution in [2.45, 2.75) is 18.4 Å². The average Bonchev–Trinajstić information content (AvgIpc) is 3.24. The molecule has 1 unspecified atom stereocenters. The molecule has 31 heavy (non-hydrogen) atoms. The maximum Gasteiger partial charge on any atom is 0.420 e. The smallest absolute Gasteiger partial charge is 0.420 e. The topological polar surface area (TPSA) is 142 Å². The summed E-state index contributed by atoms with van der Waals surface area (Å²) in [7, 11) is -3.88. The van der Waals surface area contributed by atoms with Gasteiger partial charge in [-0.1, -0.05) is 21.0 Å². The fourth-order valence-electron chi connectivity index (χ4n) is 2.86. The van der Waals surface area contributed by atoms with E-state index in [0.717, 1.165) is 4.57 Å². The third-order valence-electron chi connectivity index (χ3n) is 4.25. The second kappa shape index (κ2) is 8.02. The molecule has 4 rings (SSSR count). The van der Waals surface area contributed by atoms with Crippen LogP contribution in [0.5, 0.6) is 0 Å². The quantitative estimate of drug-likeness (QED) is 0.419. The van der Waals surface area contributed by atoms with E-state index in [4.69, 9.17) is 20.5 Å². The molecule has 0 fully saturated rings. The maximum absolute atomic E-state index is 12.4. The molecule has 0 saturated carbocycles. The van der Waals surface area contributed by atoms with Gasteiger partial charge in [-0.05, 0) is 49.4 Å². The number of carbonyl (C=O) groups excluding carboxylic acids is 1. The fraction of sp³-hybridized carbons (Fsp3) is 0.105. The molecule has 4 aromatic rings. The number of rotatable bonds is 6. The van der Waals surface area contributed by atoms with Crippen LogP contribution in [-0.4, -0.2) is 20.2 Å². The van der Waals surface area contributed by atoms with Gasteiger partial charge in [0.15, 0.2) is 20.9 Å². The Morgan fingerprint density at radius 2 is 1.97 bits per heavy atom. The van der Waals surface area contributed by atoms with Crippen molar-refractivity contribution in [1.82, 2.24) is 9.72 Å². The summed E-state index contributed by atoms with van der Waals surface area (Å²) in [5.41, 5.74) is 1.05. The van der Waals surface area contributed by atoms with Gasteiger partial charge in [0.25, 0.3) is 0 Å². The van der Waals surface area contributed by atoms with Gasteiger partial charge in [0.05, 0.1) is 5.52 Å². The van der Waals surface area contributed by atoms with E-state index in [2.05, 4.69) is 15.2 Å². The third kappa shape index (κ3) is 4.53. The minimum Gasteiger partial charge on any atom is -0.588 e. The molecule has 0 bridgehead atoms. The number of aryl methyl sites for hydroxylation is 1. The van der Waals surface area contributed by atoms with Crippen LogP contribution in [0.25, 0.3) is 11.1 Å².